The van der Waals surface area contributed by atoms with Crippen molar-refractivity contribution in [2.24, 2.45) is 0 Å². The Labute approximate surface area is 182 Å². The molecule has 1 aliphatic heterocycles. The Hall–Kier alpha value is -2.72. The van der Waals surface area contributed by atoms with Crippen LogP contribution in [-0.4, -0.2) is 41.9 Å². The fraction of sp³-hybridized carbons (Fsp3) is 0.400. The average Bonchev–Trinajstić information content (AvgIpc) is 3.37. The molecular formula is C20H23N3O5S2. The second-order valence-corrected chi connectivity index (χ2v) is 9.06. The van der Waals surface area contributed by atoms with Gasteiger partial charge in [-0.25, -0.2) is 9.59 Å². The van der Waals surface area contributed by atoms with Crippen molar-refractivity contribution in [1.82, 2.24) is 10.2 Å². The summed E-state index contributed by atoms with van der Waals surface area (Å²) in [4.78, 5) is 52.8. The number of hydrogen-bond donors (Lipinski definition) is 2. The Morgan fingerprint density at radius 2 is 2.03 bits per heavy atom. The quantitative estimate of drug-likeness (QED) is 0.499. The lowest BCUT2D eigenvalue weighted by Gasteiger charge is -2.19. The number of hydrogen-bond acceptors (Lipinski definition) is 7. The molecule has 0 aliphatic carbocycles. The minimum absolute atomic E-state index is 0.216. The summed E-state index contributed by atoms with van der Waals surface area (Å²) in [6.07, 6.45) is 0.610. The molecule has 0 saturated carbocycles. The van der Waals surface area contributed by atoms with Crippen molar-refractivity contribution in [2.75, 3.05) is 18.5 Å². The molecule has 0 aromatic carbocycles. The molecule has 1 aliphatic rings. The van der Waals surface area contributed by atoms with Gasteiger partial charge in [-0.2, -0.15) is 0 Å². The molecule has 160 valence electrons. The molecule has 1 atom stereocenters. The molecule has 4 amide bonds. The number of carbonyl (C=O) groups is 4. The maximum atomic E-state index is 12.9. The van der Waals surface area contributed by atoms with Crippen molar-refractivity contribution in [3.63, 3.8) is 0 Å². The van der Waals surface area contributed by atoms with Gasteiger partial charge in [-0.15, -0.1) is 22.7 Å². The number of anilines is 1. The minimum atomic E-state index is -1.20. The number of rotatable bonds is 7. The topological polar surface area (TPSA) is 105 Å². The number of esters is 1. The second-order valence-electron chi connectivity index (χ2n) is 6.89. The largest absolute Gasteiger partial charge is 0.462 e. The number of carbonyl (C=O) groups excluding carboxylic acids is 4. The van der Waals surface area contributed by atoms with Crippen LogP contribution >= 0.6 is 22.7 Å². The van der Waals surface area contributed by atoms with Crippen LogP contribution in [0, 0.1) is 6.92 Å². The fourth-order valence-corrected chi connectivity index (χ4v) is 5.38. The number of urea groups is 1. The summed E-state index contributed by atoms with van der Waals surface area (Å²) in [6, 6.07) is 2.92. The lowest BCUT2D eigenvalue weighted by atomic mass is 10.0. The summed E-state index contributed by atoms with van der Waals surface area (Å²) in [6.45, 7) is 6.88. The molecule has 8 nitrogen and oxygen atoms in total. The standard InChI is InChI=1S/C20H23N3O5S2/c1-5-12-11(3)30-16(15(12)17(25)28-6-2)21-14(24)10-23-18(26)20(4,22-19(23)27)13-8-7-9-29-13/h7-9H,5-6,10H2,1-4H3,(H,21,24)(H,22,27). The maximum Gasteiger partial charge on any atom is 0.341 e. The Morgan fingerprint density at radius 3 is 2.63 bits per heavy atom. The van der Waals surface area contributed by atoms with Gasteiger partial charge in [-0.3, -0.25) is 14.5 Å². The number of nitrogens with zero attached hydrogens (tertiary/aromatic N) is 1. The third-order valence-electron chi connectivity index (χ3n) is 4.89. The summed E-state index contributed by atoms with van der Waals surface area (Å²) in [7, 11) is 0. The van der Waals surface area contributed by atoms with Gasteiger partial charge >= 0.3 is 12.0 Å². The highest BCUT2D eigenvalue weighted by atomic mass is 32.1. The van der Waals surface area contributed by atoms with E-state index >= 15 is 0 Å². The summed E-state index contributed by atoms with van der Waals surface area (Å²) in [5, 5.41) is 7.53. The molecule has 2 aromatic heterocycles. The fourth-order valence-electron chi connectivity index (χ4n) is 3.39. The van der Waals surface area contributed by atoms with E-state index in [0.29, 0.717) is 21.9 Å². The number of imide groups is 1. The van der Waals surface area contributed by atoms with Crippen LogP contribution in [0.1, 0.15) is 46.4 Å². The van der Waals surface area contributed by atoms with E-state index in [1.807, 2.05) is 19.2 Å². The van der Waals surface area contributed by atoms with Gasteiger partial charge in [0.15, 0.2) is 5.54 Å². The first-order valence-corrected chi connectivity index (χ1v) is 11.2. The van der Waals surface area contributed by atoms with Crippen LogP contribution in [0.4, 0.5) is 9.80 Å². The highest BCUT2D eigenvalue weighted by Crippen LogP contribution is 2.35. The predicted molar refractivity (Wildman–Crippen MR) is 115 cm³/mol. The highest BCUT2D eigenvalue weighted by Gasteiger charge is 2.50. The van der Waals surface area contributed by atoms with Crippen LogP contribution in [0.15, 0.2) is 17.5 Å². The van der Waals surface area contributed by atoms with Gasteiger partial charge < -0.3 is 15.4 Å². The van der Waals surface area contributed by atoms with Crippen molar-refractivity contribution in [3.05, 3.63) is 38.4 Å². The summed E-state index contributed by atoms with van der Waals surface area (Å²) in [5.41, 5.74) is -0.0545. The molecule has 1 saturated heterocycles. The van der Waals surface area contributed by atoms with Gasteiger partial charge in [0, 0.05) is 9.75 Å². The van der Waals surface area contributed by atoms with Gasteiger partial charge in [0.05, 0.1) is 12.2 Å². The molecule has 0 spiro atoms. The van der Waals surface area contributed by atoms with Crippen molar-refractivity contribution in [1.29, 1.82) is 0 Å². The highest BCUT2D eigenvalue weighted by molar-refractivity contribution is 7.16. The van der Waals surface area contributed by atoms with Crippen LogP contribution in [0.5, 0.6) is 0 Å². The summed E-state index contributed by atoms with van der Waals surface area (Å²) >= 11 is 2.62. The first kappa shape index (κ1) is 22.0. The van der Waals surface area contributed by atoms with E-state index in [-0.39, 0.29) is 6.61 Å². The zero-order valence-electron chi connectivity index (χ0n) is 17.2. The van der Waals surface area contributed by atoms with E-state index in [1.54, 1.807) is 26.0 Å². The molecule has 30 heavy (non-hydrogen) atoms. The number of nitrogens with one attached hydrogen (secondary N) is 2. The van der Waals surface area contributed by atoms with Crippen LogP contribution in [0.2, 0.25) is 0 Å². The van der Waals surface area contributed by atoms with Crippen LogP contribution in [0.25, 0.3) is 0 Å². The summed E-state index contributed by atoms with van der Waals surface area (Å²) < 4.78 is 5.13. The summed E-state index contributed by atoms with van der Waals surface area (Å²) in [5.74, 6) is -1.56. The molecule has 3 heterocycles. The van der Waals surface area contributed by atoms with E-state index in [2.05, 4.69) is 10.6 Å². The molecule has 0 radical (unpaired) electrons. The zero-order valence-corrected chi connectivity index (χ0v) is 18.8. The number of amides is 4. The van der Waals surface area contributed by atoms with Crippen molar-refractivity contribution >= 4 is 51.5 Å². The van der Waals surface area contributed by atoms with Crippen LogP contribution < -0.4 is 10.6 Å². The molecule has 2 aromatic rings. The van der Waals surface area contributed by atoms with Gasteiger partial charge in [0.2, 0.25) is 5.91 Å². The van der Waals surface area contributed by atoms with Crippen molar-refractivity contribution in [2.45, 2.75) is 39.7 Å². The SMILES string of the molecule is CCOC(=O)c1c(NC(=O)CN2C(=O)NC(C)(c3cccs3)C2=O)sc(C)c1CC. The van der Waals surface area contributed by atoms with E-state index < -0.39 is 35.9 Å². The third-order valence-corrected chi connectivity index (χ3v) is 7.04. The number of ether oxygens (including phenoxy) is 1. The lowest BCUT2D eigenvalue weighted by molar-refractivity contribution is -0.133. The molecule has 3 rings (SSSR count). The Balaban J connectivity index is 1.79. The van der Waals surface area contributed by atoms with Crippen LogP contribution in [-0.2, 0) is 26.3 Å². The van der Waals surface area contributed by atoms with Crippen LogP contribution in [0.3, 0.4) is 0 Å². The number of thiophene rings is 2. The Bertz CT molecular complexity index is 999. The first-order chi connectivity index (χ1) is 14.2. The smallest absolute Gasteiger partial charge is 0.341 e. The van der Waals surface area contributed by atoms with E-state index in [9.17, 15) is 19.2 Å². The molecule has 0 bridgehead atoms. The normalized spacial score (nSPS) is 18.5. The monoisotopic (exact) mass is 449 g/mol. The average molecular weight is 450 g/mol. The Kier molecular flexibility index (Phi) is 6.27. The molecular weight excluding hydrogens is 426 g/mol. The third kappa shape index (κ3) is 3.84. The predicted octanol–water partition coefficient (Wildman–Crippen LogP) is 3.26. The molecule has 10 heteroatoms. The molecule has 1 fully saturated rings. The van der Waals surface area contributed by atoms with Crippen molar-refractivity contribution in [3.8, 4) is 0 Å². The van der Waals surface area contributed by atoms with Gasteiger partial charge in [0.25, 0.3) is 5.91 Å². The lowest BCUT2D eigenvalue weighted by Crippen LogP contribution is -2.41. The minimum Gasteiger partial charge on any atom is -0.462 e. The maximum absolute atomic E-state index is 12.9. The van der Waals surface area contributed by atoms with Gasteiger partial charge in [-0.1, -0.05) is 13.0 Å². The van der Waals surface area contributed by atoms with Gasteiger partial charge in [-0.05, 0) is 44.2 Å². The first-order valence-electron chi connectivity index (χ1n) is 9.50. The molecule has 1 unspecified atom stereocenters. The van der Waals surface area contributed by atoms with E-state index in [0.717, 1.165) is 15.3 Å². The van der Waals surface area contributed by atoms with E-state index in [1.165, 1.54) is 22.7 Å². The van der Waals surface area contributed by atoms with Gasteiger partial charge in [0.1, 0.15) is 11.5 Å². The second kappa shape index (κ2) is 8.57. The zero-order chi connectivity index (χ0) is 22.1. The number of aryl methyl sites for hydroxylation is 1. The van der Waals surface area contributed by atoms with Crippen molar-refractivity contribution < 1.29 is 23.9 Å². The Morgan fingerprint density at radius 1 is 1.30 bits per heavy atom. The van der Waals surface area contributed by atoms with E-state index in [4.69, 9.17) is 4.74 Å². The molecule has 2 N–H and O–H groups in total.